The minimum absolute atomic E-state index is 0.132. The molecule has 2 amide bonds. The first kappa shape index (κ1) is 46.4. The Labute approximate surface area is 360 Å². The summed E-state index contributed by atoms with van der Waals surface area (Å²) in [6.45, 7) is 6.86. The van der Waals surface area contributed by atoms with Gasteiger partial charge >= 0.3 is 36.5 Å². The number of alkyl halides is 6. The fraction of sp³-hybridized carbons (Fsp3) is 0.318. The Hall–Kier alpha value is -7.12. The zero-order chi connectivity index (χ0) is 46.7. The molecule has 0 saturated carbocycles. The van der Waals surface area contributed by atoms with Crippen LogP contribution in [0.25, 0.3) is 55.3 Å². The van der Waals surface area contributed by atoms with Gasteiger partial charge in [-0.3, -0.25) is 9.80 Å². The van der Waals surface area contributed by atoms with Crippen molar-refractivity contribution in [2.45, 2.75) is 76.5 Å². The number of nitrogens with zero attached hydrogens (tertiary/aromatic N) is 4. The minimum Gasteiger partial charge on any atom is -0.475 e. The smallest absolute Gasteiger partial charge is 0.475 e. The minimum atomic E-state index is -5.08. The molecule has 0 aliphatic carbocycles. The highest BCUT2D eigenvalue weighted by Crippen LogP contribution is 2.36. The van der Waals surface area contributed by atoms with E-state index in [1.807, 2.05) is 26.8 Å². The van der Waals surface area contributed by atoms with Crippen LogP contribution in [-0.2, 0) is 14.3 Å². The van der Waals surface area contributed by atoms with Gasteiger partial charge in [0.05, 0.1) is 35.0 Å². The first-order valence-corrected chi connectivity index (χ1v) is 19.8. The van der Waals surface area contributed by atoms with Crippen molar-refractivity contribution in [2.24, 2.45) is 0 Å². The third-order valence-corrected chi connectivity index (χ3v) is 10.3. The summed E-state index contributed by atoms with van der Waals surface area (Å²) in [6, 6.07) is 27.3. The van der Waals surface area contributed by atoms with Crippen molar-refractivity contribution >= 4 is 45.9 Å². The first-order valence-electron chi connectivity index (χ1n) is 19.8. The lowest BCUT2D eigenvalue weighted by Crippen LogP contribution is -2.36. The third-order valence-electron chi connectivity index (χ3n) is 10.3. The van der Waals surface area contributed by atoms with E-state index in [2.05, 4.69) is 87.7 Å². The molecule has 6 aromatic rings. The number of aromatic amines is 2. The van der Waals surface area contributed by atoms with Crippen LogP contribution < -0.4 is 0 Å². The zero-order valence-electron chi connectivity index (χ0n) is 34.4. The van der Waals surface area contributed by atoms with Crippen molar-refractivity contribution in [3.8, 4) is 33.5 Å². The van der Waals surface area contributed by atoms with Crippen molar-refractivity contribution in [1.29, 1.82) is 0 Å². The molecule has 8 rings (SSSR count). The number of carbonyl (C=O) groups excluding carboxylic acids is 1. The number of halogens is 6. The number of imidazole rings is 2. The summed E-state index contributed by atoms with van der Waals surface area (Å²) in [6.07, 6.45) is -6.21. The number of aromatic nitrogens is 4. The molecular formula is C44H42F6N6O8. The first-order chi connectivity index (χ1) is 30.0. The Balaban J connectivity index is 0.000000422. The number of ether oxygens (including phenoxy) is 1. The van der Waals surface area contributed by atoms with Crippen LogP contribution in [0.5, 0.6) is 0 Å². The summed E-state index contributed by atoms with van der Waals surface area (Å²) in [4.78, 5) is 61.8. The molecule has 4 heterocycles. The van der Waals surface area contributed by atoms with Crippen LogP contribution in [0, 0.1) is 0 Å². The van der Waals surface area contributed by atoms with Crippen LogP contribution in [0.2, 0.25) is 0 Å². The van der Waals surface area contributed by atoms with Gasteiger partial charge in [-0.2, -0.15) is 26.3 Å². The highest BCUT2D eigenvalue weighted by Gasteiger charge is 2.39. The maximum absolute atomic E-state index is 12.9. The van der Waals surface area contributed by atoms with Gasteiger partial charge in [0.2, 0.25) is 0 Å². The molecule has 338 valence electrons. The average Bonchev–Trinajstić information content (AvgIpc) is 4.06. The number of H-pyrrole nitrogens is 2. The van der Waals surface area contributed by atoms with Crippen LogP contribution in [0.15, 0.2) is 85.1 Å². The summed E-state index contributed by atoms with van der Waals surface area (Å²) in [5.41, 5.74) is 7.56. The van der Waals surface area contributed by atoms with Gasteiger partial charge in [-0.1, -0.05) is 54.6 Å². The van der Waals surface area contributed by atoms with Crippen molar-refractivity contribution in [3.05, 3.63) is 96.7 Å². The van der Waals surface area contributed by atoms with E-state index in [0.717, 1.165) is 86.8 Å². The lowest BCUT2D eigenvalue weighted by Gasteiger charge is -2.27. The Morgan fingerprint density at radius 1 is 0.641 bits per heavy atom. The number of carbonyl (C=O) groups is 4. The number of aliphatic carboxylic acids is 2. The molecule has 4 aromatic carbocycles. The highest BCUT2D eigenvalue weighted by atomic mass is 19.4. The van der Waals surface area contributed by atoms with Crippen molar-refractivity contribution in [2.75, 3.05) is 13.1 Å². The predicted molar refractivity (Wildman–Crippen MR) is 221 cm³/mol. The highest BCUT2D eigenvalue weighted by molar-refractivity contribution is 5.92. The second-order valence-corrected chi connectivity index (χ2v) is 16.0. The van der Waals surface area contributed by atoms with Crippen LogP contribution in [0.4, 0.5) is 35.9 Å². The molecule has 64 heavy (non-hydrogen) atoms. The van der Waals surface area contributed by atoms with E-state index < -0.39 is 36.0 Å². The number of rotatable bonds is 5. The number of likely N-dealkylation sites (tertiary alicyclic amines) is 2. The van der Waals surface area contributed by atoms with Gasteiger partial charge in [-0.05, 0) is 109 Å². The number of nitrogens with one attached hydrogen (secondary N) is 2. The molecule has 20 heteroatoms. The molecule has 0 radical (unpaired) electrons. The Morgan fingerprint density at radius 2 is 1.12 bits per heavy atom. The number of benzene rings is 4. The molecule has 2 aromatic heterocycles. The number of fused-ring (bicyclic) bond motifs is 2. The molecule has 2 aliphatic rings. The number of amides is 2. The normalized spacial score (nSPS) is 16.5. The maximum atomic E-state index is 12.9. The second-order valence-electron chi connectivity index (χ2n) is 16.0. The molecule has 0 spiro atoms. The van der Waals surface area contributed by atoms with Gasteiger partial charge in [0, 0.05) is 13.1 Å². The van der Waals surface area contributed by atoms with Gasteiger partial charge in [0.25, 0.3) is 0 Å². The van der Waals surface area contributed by atoms with Crippen molar-refractivity contribution in [1.82, 2.24) is 29.7 Å². The fourth-order valence-electron chi connectivity index (χ4n) is 7.34. The Kier molecular flexibility index (Phi) is 13.3. The topological polar surface area (TPSA) is 202 Å². The second kappa shape index (κ2) is 18.3. The fourth-order valence-corrected chi connectivity index (χ4v) is 7.34. The number of hydrogen-bond acceptors (Lipinski definition) is 7. The van der Waals surface area contributed by atoms with E-state index >= 15 is 0 Å². The molecule has 14 nitrogen and oxygen atoms in total. The standard InChI is InChI=1S/C40H40N6O4.2C2HF3O2/c1-40(2,3)50-39(49)46-19-5-7-35(46)37-42-31-17-16-29(22-32(31)43-37)28-15-11-25-10-14-27(20-30(25)21-28)24-8-12-26(13-9-24)33-23-41-36(44-33)34-6-4-18-45(34)38(47)48;2*3-2(4,5)1(6)7/h8-17,20-23,34-35H,4-7,18-19H2,1-3H3,(H,41,44)(H,42,43)(H,47,48);2*(H,6,7)/t34?,35-;;/m0../s1. The molecule has 5 N–H and O–H groups in total. The SMILES string of the molecule is CC(C)(C)OC(=O)N1CCC[C@H]1c1nc2ccc(-c3ccc4ccc(-c5ccc(-c6cnc(C7CCCN7C(=O)O)[nH]6)cc5)cc4c3)cc2[nH]1.O=C(O)C(F)(F)F.O=C(O)C(F)(F)F. The van der Waals surface area contributed by atoms with Crippen LogP contribution >= 0.6 is 0 Å². The van der Waals surface area contributed by atoms with Gasteiger partial charge in [0.1, 0.15) is 17.2 Å². The lowest BCUT2D eigenvalue weighted by molar-refractivity contribution is -0.193. The van der Waals surface area contributed by atoms with Crippen molar-refractivity contribution in [3.63, 3.8) is 0 Å². The molecule has 2 saturated heterocycles. The number of carboxylic acid groups (broad SMARTS) is 3. The van der Waals surface area contributed by atoms with Gasteiger partial charge in [0.15, 0.2) is 0 Å². The van der Waals surface area contributed by atoms with Crippen LogP contribution in [0.3, 0.4) is 0 Å². The summed E-state index contributed by atoms with van der Waals surface area (Å²) in [5, 5.41) is 26.1. The van der Waals surface area contributed by atoms with E-state index in [9.17, 15) is 41.0 Å². The molecule has 1 unspecified atom stereocenters. The maximum Gasteiger partial charge on any atom is 0.490 e. The summed E-state index contributed by atoms with van der Waals surface area (Å²) >= 11 is 0. The van der Waals surface area contributed by atoms with Gasteiger partial charge < -0.3 is 30.0 Å². The number of carboxylic acids is 2. The van der Waals surface area contributed by atoms with E-state index in [1.165, 1.54) is 4.90 Å². The number of hydrogen-bond donors (Lipinski definition) is 5. The van der Waals surface area contributed by atoms with Gasteiger partial charge in [-0.15, -0.1) is 0 Å². The molecule has 2 fully saturated rings. The molecule has 0 bridgehead atoms. The summed E-state index contributed by atoms with van der Waals surface area (Å²) in [7, 11) is 0. The molecule has 2 atom stereocenters. The zero-order valence-corrected chi connectivity index (χ0v) is 34.4. The summed E-state index contributed by atoms with van der Waals surface area (Å²) in [5.74, 6) is -4.03. The third kappa shape index (κ3) is 11.1. The lowest BCUT2D eigenvalue weighted by atomic mass is 9.97. The van der Waals surface area contributed by atoms with E-state index in [0.29, 0.717) is 18.9 Å². The van der Waals surface area contributed by atoms with Gasteiger partial charge in [-0.25, -0.2) is 29.1 Å². The van der Waals surface area contributed by atoms with Crippen LogP contribution in [0.1, 0.15) is 70.2 Å². The van der Waals surface area contributed by atoms with Crippen molar-refractivity contribution < 1.29 is 65.6 Å². The largest absolute Gasteiger partial charge is 0.490 e. The predicted octanol–water partition coefficient (Wildman–Crippen LogP) is 10.6. The van der Waals surface area contributed by atoms with E-state index in [1.54, 1.807) is 11.1 Å². The molecular weight excluding hydrogens is 855 g/mol. The Morgan fingerprint density at radius 3 is 1.67 bits per heavy atom. The quantitative estimate of drug-likeness (QED) is 0.104. The summed E-state index contributed by atoms with van der Waals surface area (Å²) < 4.78 is 69.1. The van der Waals surface area contributed by atoms with Crippen LogP contribution in [-0.4, -0.2) is 100 Å². The Bertz CT molecular complexity index is 2650. The monoisotopic (exact) mass is 896 g/mol. The van der Waals surface area contributed by atoms with E-state index in [-0.39, 0.29) is 18.2 Å². The van der Waals surface area contributed by atoms with E-state index in [4.69, 9.17) is 29.5 Å². The average molecular weight is 897 g/mol. The molecule has 2 aliphatic heterocycles.